The Bertz CT molecular complexity index is 1180. The van der Waals surface area contributed by atoms with E-state index in [1.807, 2.05) is 13.8 Å². The molecular formula is C25H33NO8S2. The van der Waals surface area contributed by atoms with E-state index in [0.717, 1.165) is 11.1 Å². The third kappa shape index (κ3) is 7.28. The molecule has 1 fully saturated rings. The highest BCUT2D eigenvalue weighted by Gasteiger charge is 2.41. The predicted molar refractivity (Wildman–Crippen MR) is 134 cm³/mol. The van der Waals surface area contributed by atoms with Gasteiger partial charge in [-0.3, -0.25) is 13.3 Å². The standard InChI is InChI=1S/C25H33NO8S2/c1-18-6-12-22(13-7-18)35(28,29)32-16-20-10-11-21(26(20)24(27)34-25(3,4)5)17-33-36(30,31)23-14-8-19(2)9-15-23/h6-9,12-15,20-21H,10-11,16-17H2,1-5H3. The van der Waals surface area contributed by atoms with E-state index in [0.29, 0.717) is 12.8 Å². The summed E-state index contributed by atoms with van der Waals surface area (Å²) in [6, 6.07) is 11.2. The van der Waals surface area contributed by atoms with Crippen LogP contribution in [0.1, 0.15) is 44.7 Å². The first-order valence-electron chi connectivity index (χ1n) is 11.6. The van der Waals surface area contributed by atoms with Gasteiger partial charge in [0, 0.05) is 0 Å². The third-order valence-electron chi connectivity index (χ3n) is 5.67. The average Bonchev–Trinajstić information content (AvgIpc) is 3.19. The summed E-state index contributed by atoms with van der Waals surface area (Å²) < 4.78 is 66.8. The Morgan fingerprint density at radius 3 is 1.47 bits per heavy atom. The number of ether oxygens (including phenoxy) is 1. The minimum Gasteiger partial charge on any atom is -0.444 e. The molecule has 1 heterocycles. The number of hydrogen-bond acceptors (Lipinski definition) is 8. The second-order valence-electron chi connectivity index (χ2n) is 9.88. The minimum absolute atomic E-state index is 0.0130. The summed E-state index contributed by atoms with van der Waals surface area (Å²) in [5.74, 6) is 0. The molecule has 0 aliphatic carbocycles. The van der Waals surface area contributed by atoms with E-state index >= 15 is 0 Å². The van der Waals surface area contributed by atoms with E-state index in [-0.39, 0.29) is 23.0 Å². The number of benzene rings is 2. The fourth-order valence-corrected chi connectivity index (χ4v) is 5.67. The van der Waals surface area contributed by atoms with Crippen molar-refractivity contribution in [3.8, 4) is 0 Å². The summed E-state index contributed by atoms with van der Waals surface area (Å²) in [7, 11) is -8.09. The number of aryl methyl sites for hydroxylation is 2. The summed E-state index contributed by atoms with van der Waals surface area (Å²) in [5.41, 5.74) is 1.01. The lowest BCUT2D eigenvalue weighted by molar-refractivity contribution is 0.00612. The Morgan fingerprint density at radius 1 is 0.778 bits per heavy atom. The van der Waals surface area contributed by atoms with E-state index in [9.17, 15) is 21.6 Å². The third-order valence-corrected chi connectivity index (χ3v) is 8.27. The molecule has 36 heavy (non-hydrogen) atoms. The van der Waals surface area contributed by atoms with Crippen molar-refractivity contribution >= 4 is 26.3 Å². The molecule has 0 saturated carbocycles. The van der Waals surface area contributed by atoms with Crippen molar-refractivity contribution in [3.05, 3.63) is 59.7 Å². The van der Waals surface area contributed by atoms with Crippen LogP contribution in [0.5, 0.6) is 0 Å². The Hall–Kier alpha value is -2.47. The average molecular weight is 540 g/mol. The monoisotopic (exact) mass is 539 g/mol. The lowest BCUT2D eigenvalue weighted by Crippen LogP contribution is -2.47. The molecule has 198 valence electrons. The quantitative estimate of drug-likeness (QED) is 0.459. The number of carbonyl (C=O) groups is 1. The van der Waals surface area contributed by atoms with Gasteiger partial charge >= 0.3 is 6.09 Å². The number of nitrogens with zero attached hydrogens (tertiary/aromatic N) is 1. The molecule has 0 aromatic heterocycles. The number of rotatable bonds is 8. The number of amides is 1. The molecule has 1 saturated heterocycles. The Kier molecular flexibility index (Phi) is 8.49. The highest BCUT2D eigenvalue weighted by atomic mass is 32.2. The molecule has 2 aromatic rings. The van der Waals surface area contributed by atoms with Gasteiger partial charge in [-0.2, -0.15) is 16.8 Å². The van der Waals surface area contributed by atoms with Gasteiger partial charge in [-0.05, 0) is 71.7 Å². The van der Waals surface area contributed by atoms with Gasteiger partial charge < -0.3 is 4.74 Å². The maximum atomic E-state index is 13.0. The van der Waals surface area contributed by atoms with Crippen molar-refractivity contribution in [3.63, 3.8) is 0 Å². The molecule has 1 aliphatic rings. The largest absolute Gasteiger partial charge is 0.444 e. The summed E-state index contributed by atoms with van der Waals surface area (Å²) in [4.78, 5) is 14.4. The number of hydrogen-bond donors (Lipinski definition) is 0. The van der Waals surface area contributed by atoms with Crippen molar-refractivity contribution < 1.29 is 34.7 Å². The van der Waals surface area contributed by atoms with Crippen LogP contribution in [0.2, 0.25) is 0 Å². The van der Waals surface area contributed by atoms with Crippen molar-refractivity contribution in [2.24, 2.45) is 0 Å². The molecule has 3 rings (SSSR count). The second-order valence-corrected chi connectivity index (χ2v) is 13.1. The molecule has 2 atom stereocenters. The van der Waals surface area contributed by atoms with Crippen LogP contribution >= 0.6 is 0 Å². The zero-order valence-corrected chi connectivity index (χ0v) is 22.8. The molecule has 2 unspecified atom stereocenters. The Labute approximate surface area is 213 Å². The second kappa shape index (κ2) is 10.9. The van der Waals surface area contributed by atoms with Crippen LogP contribution in [-0.4, -0.2) is 58.7 Å². The fourth-order valence-electron chi connectivity index (χ4n) is 3.78. The van der Waals surface area contributed by atoms with Gasteiger partial charge in [0.1, 0.15) is 5.60 Å². The molecule has 1 amide bonds. The van der Waals surface area contributed by atoms with Crippen molar-refractivity contribution in [1.82, 2.24) is 4.90 Å². The minimum atomic E-state index is -4.05. The van der Waals surface area contributed by atoms with Crippen LogP contribution in [0.3, 0.4) is 0 Å². The molecule has 2 aromatic carbocycles. The van der Waals surface area contributed by atoms with E-state index in [4.69, 9.17) is 13.1 Å². The molecule has 0 radical (unpaired) electrons. The molecule has 11 heteroatoms. The van der Waals surface area contributed by atoms with Gasteiger partial charge in [0.05, 0.1) is 35.1 Å². The molecule has 1 aliphatic heterocycles. The number of carbonyl (C=O) groups excluding carboxylic acids is 1. The zero-order chi connectivity index (χ0) is 26.7. The first kappa shape index (κ1) is 28.1. The van der Waals surface area contributed by atoms with Crippen LogP contribution in [-0.2, 0) is 33.3 Å². The molecule has 9 nitrogen and oxygen atoms in total. The van der Waals surface area contributed by atoms with Gasteiger partial charge in [-0.15, -0.1) is 0 Å². The summed E-state index contributed by atoms with van der Waals surface area (Å²) in [6.45, 7) is 8.23. The fraction of sp³-hybridized carbons (Fsp3) is 0.480. The van der Waals surface area contributed by atoms with Crippen LogP contribution < -0.4 is 0 Å². The van der Waals surface area contributed by atoms with Crippen LogP contribution in [0.4, 0.5) is 4.79 Å². The van der Waals surface area contributed by atoms with Crippen LogP contribution in [0, 0.1) is 13.8 Å². The van der Waals surface area contributed by atoms with Gasteiger partial charge in [-0.25, -0.2) is 4.79 Å². The van der Waals surface area contributed by atoms with Gasteiger partial charge in [0.2, 0.25) is 0 Å². The lowest BCUT2D eigenvalue weighted by atomic mass is 10.2. The molecule has 0 bridgehead atoms. The Morgan fingerprint density at radius 2 is 1.14 bits per heavy atom. The van der Waals surface area contributed by atoms with Crippen molar-refractivity contribution in [1.29, 1.82) is 0 Å². The normalized spacial score (nSPS) is 18.9. The highest BCUT2D eigenvalue weighted by molar-refractivity contribution is 7.87. The number of likely N-dealkylation sites (tertiary alicyclic amines) is 1. The Balaban J connectivity index is 1.74. The smallest absolute Gasteiger partial charge is 0.410 e. The van der Waals surface area contributed by atoms with Gasteiger partial charge in [0.15, 0.2) is 0 Å². The maximum Gasteiger partial charge on any atom is 0.410 e. The van der Waals surface area contributed by atoms with Crippen molar-refractivity contribution in [2.75, 3.05) is 13.2 Å². The SMILES string of the molecule is Cc1ccc(S(=O)(=O)OCC2CCC(COS(=O)(=O)c3ccc(C)cc3)N2C(=O)OC(C)(C)C)cc1. The molecule has 0 N–H and O–H groups in total. The summed E-state index contributed by atoms with van der Waals surface area (Å²) >= 11 is 0. The van der Waals surface area contributed by atoms with Crippen LogP contribution in [0.25, 0.3) is 0 Å². The summed E-state index contributed by atoms with van der Waals surface area (Å²) in [6.07, 6.45) is 0.0883. The van der Waals surface area contributed by atoms with Gasteiger partial charge in [0.25, 0.3) is 20.2 Å². The predicted octanol–water partition coefficient (Wildman–Crippen LogP) is 4.18. The topological polar surface area (TPSA) is 116 Å². The molecule has 0 spiro atoms. The van der Waals surface area contributed by atoms with Crippen molar-refractivity contribution in [2.45, 2.75) is 74.9 Å². The van der Waals surface area contributed by atoms with E-state index in [2.05, 4.69) is 0 Å². The van der Waals surface area contributed by atoms with E-state index in [1.54, 1.807) is 45.0 Å². The first-order chi connectivity index (χ1) is 16.7. The molecular weight excluding hydrogens is 506 g/mol. The maximum absolute atomic E-state index is 13.0. The van der Waals surface area contributed by atoms with E-state index < -0.39 is 44.0 Å². The highest BCUT2D eigenvalue weighted by Crippen LogP contribution is 2.29. The van der Waals surface area contributed by atoms with E-state index in [1.165, 1.54) is 29.2 Å². The first-order valence-corrected chi connectivity index (χ1v) is 14.4. The summed E-state index contributed by atoms with van der Waals surface area (Å²) in [5, 5.41) is 0. The van der Waals surface area contributed by atoms with Gasteiger partial charge in [-0.1, -0.05) is 35.4 Å². The lowest BCUT2D eigenvalue weighted by Gasteiger charge is -2.32. The zero-order valence-electron chi connectivity index (χ0n) is 21.1. The van der Waals surface area contributed by atoms with Crippen LogP contribution in [0.15, 0.2) is 58.3 Å².